The Labute approximate surface area is 329 Å². The minimum atomic E-state index is -0.458. The molecule has 1 atom stereocenters. The number of carbonyl (C=O) groups is 3. The zero-order valence-electron chi connectivity index (χ0n) is 31.4. The monoisotopic (exact) mass is 777 g/mol. The van der Waals surface area contributed by atoms with E-state index in [1.54, 1.807) is 23.9 Å². The second-order valence-electron chi connectivity index (χ2n) is 14.3. The van der Waals surface area contributed by atoms with Crippen LogP contribution in [0.1, 0.15) is 36.2 Å². The van der Waals surface area contributed by atoms with Crippen molar-refractivity contribution in [2.45, 2.75) is 25.8 Å². The largest absolute Gasteiger partial charge is 0.494 e. The number of piperidine rings is 1. The minimum Gasteiger partial charge on any atom is -0.494 e. The highest BCUT2D eigenvalue weighted by Crippen LogP contribution is 2.34. The molecular weight excluding hydrogens is 734 g/mol. The number of piperazine rings is 2. The SMILES string of the molecule is COc1cc(N2CCN(CN3CCN(c4ccc5nn(C6CCC(=O)NC6=O)cc5c4)CC3)CC2)ccc1Nc1ncc(Cl)c(Nc2ccccc2C(C)=O)n1. The third kappa shape index (κ3) is 8.10. The van der Waals surface area contributed by atoms with Gasteiger partial charge in [0.1, 0.15) is 16.8 Å². The van der Waals surface area contributed by atoms with Crippen molar-refractivity contribution in [1.29, 1.82) is 0 Å². The molecule has 3 saturated heterocycles. The highest BCUT2D eigenvalue weighted by Gasteiger charge is 2.29. The fourth-order valence-electron chi connectivity index (χ4n) is 7.54. The van der Waals surface area contributed by atoms with Crippen LogP contribution in [-0.4, -0.2) is 113 Å². The predicted molar refractivity (Wildman–Crippen MR) is 217 cm³/mol. The maximum atomic E-state index is 12.4. The number of hydrogen-bond acceptors (Lipinski definition) is 13. The lowest BCUT2D eigenvalue weighted by Gasteiger charge is -2.41. The number of fused-ring (bicyclic) bond motifs is 1. The number of ether oxygens (including phenoxy) is 1. The molecule has 8 rings (SSSR count). The molecule has 290 valence electrons. The summed E-state index contributed by atoms with van der Waals surface area (Å²) in [6, 6.07) is 19.1. The van der Waals surface area contributed by atoms with Crippen molar-refractivity contribution >= 4 is 74.6 Å². The minimum absolute atomic E-state index is 0.0644. The number of ketones is 1. The van der Waals surface area contributed by atoms with E-state index in [1.165, 1.54) is 13.1 Å². The van der Waals surface area contributed by atoms with Crippen molar-refractivity contribution in [3.8, 4) is 5.75 Å². The molecule has 3 aliphatic heterocycles. The number of para-hydroxylation sites is 1. The summed E-state index contributed by atoms with van der Waals surface area (Å²) in [5.74, 6) is 0.796. The summed E-state index contributed by atoms with van der Waals surface area (Å²) in [4.78, 5) is 54.9. The number of imide groups is 1. The van der Waals surface area contributed by atoms with Crippen molar-refractivity contribution in [3.05, 3.63) is 83.6 Å². The standard InChI is InChI=1S/C40H44ClN11O4/c1-26(53)30-5-3-4-6-33(30)43-38-31(41)23-42-40(46-38)44-34-10-8-29(22-36(34)56-2)51-19-15-49(16-20-51)25-48-13-17-50(18-14-48)28-7-9-32-27(21-28)24-52(47-32)35-11-12-37(54)45-39(35)55/h3-10,21-24,35H,11-20,25H2,1-2H3,(H,45,54,55)(H2,42,43,44,46). The van der Waals surface area contributed by atoms with Crippen LogP contribution in [0, 0.1) is 0 Å². The maximum absolute atomic E-state index is 12.4. The Morgan fingerprint density at radius 1 is 0.893 bits per heavy atom. The van der Waals surface area contributed by atoms with Gasteiger partial charge in [-0.2, -0.15) is 10.1 Å². The Balaban J connectivity index is 0.828. The molecule has 56 heavy (non-hydrogen) atoms. The van der Waals surface area contributed by atoms with Crippen LogP contribution >= 0.6 is 11.6 Å². The molecule has 1 unspecified atom stereocenters. The lowest BCUT2D eigenvalue weighted by molar-refractivity contribution is -0.135. The van der Waals surface area contributed by atoms with Gasteiger partial charge in [0.15, 0.2) is 11.6 Å². The number of benzene rings is 3. The number of nitrogens with zero attached hydrogens (tertiary/aromatic N) is 8. The summed E-state index contributed by atoms with van der Waals surface area (Å²) in [6.07, 6.45) is 4.22. The second kappa shape index (κ2) is 16.1. The van der Waals surface area contributed by atoms with Gasteiger partial charge in [-0.15, -0.1) is 0 Å². The Kier molecular flexibility index (Phi) is 10.7. The Morgan fingerprint density at radius 3 is 2.29 bits per heavy atom. The number of methoxy groups -OCH3 is 1. The van der Waals surface area contributed by atoms with Crippen LogP contribution in [0.3, 0.4) is 0 Å². The molecule has 0 aliphatic carbocycles. The molecule has 15 nitrogen and oxygen atoms in total. The fraction of sp³-hybridized carbons (Fsp3) is 0.350. The van der Waals surface area contributed by atoms with Crippen LogP contribution in [0.25, 0.3) is 10.9 Å². The average Bonchev–Trinajstić information content (AvgIpc) is 3.63. The third-order valence-electron chi connectivity index (χ3n) is 10.6. The molecule has 3 fully saturated rings. The number of aromatic nitrogens is 4. The summed E-state index contributed by atoms with van der Waals surface area (Å²) < 4.78 is 7.48. The van der Waals surface area contributed by atoms with E-state index < -0.39 is 6.04 Å². The van der Waals surface area contributed by atoms with Crippen molar-refractivity contribution < 1.29 is 19.1 Å². The Hall–Kier alpha value is -5.77. The van der Waals surface area contributed by atoms with Gasteiger partial charge in [-0.25, -0.2) is 4.98 Å². The van der Waals surface area contributed by atoms with E-state index in [0.29, 0.717) is 52.3 Å². The normalized spacial score (nSPS) is 18.2. The van der Waals surface area contributed by atoms with Gasteiger partial charge in [-0.1, -0.05) is 23.7 Å². The van der Waals surface area contributed by atoms with E-state index in [1.807, 2.05) is 36.5 Å². The number of halogens is 1. The molecule has 0 radical (unpaired) electrons. The van der Waals surface area contributed by atoms with Gasteiger partial charge in [0.2, 0.25) is 11.9 Å². The molecule has 3 N–H and O–H groups in total. The van der Waals surface area contributed by atoms with Gasteiger partial charge < -0.3 is 25.2 Å². The first-order chi connectivity index (χ1) is 27.2. The zero-order chi connectivity index (χ0) is 38.8. The van der Waals surface area contributed by atoms with Crippen molar-refractivity contribution in [1.82, 2.24) is 34.9 Å². The first-order valence-corrected chi connectivity index (χ1v) is 19.2. The lowest BCUT2D eigenvalue weighted by atomic mass is 10.1. The quantitative estimate of drug-likeness (QED) is 0.121. The highest BCUT2D eigenvalue weighted by atomic mass is 35.5. The highest BCUT2D eigenvalue weighted by molar-refractivity contribution is 6.33. The summed E-state index contributed by atoms with van der Waals surface area (Å²) in [5, 5.41) is 14.8. The second-order valence-corrected chi connectivity index (χ2v) is 14.7. The Bertz CT molecular complexity index is 2270. The first-order valence-electron chi connectivity index (χ1n) is 18.8. The lowest BCUT2D eigenvalue weighted by Crippen LogP contribution is -2.54. The third-order valence-corrected chi connectivity index (χ3v) is 10.9. The van der Waals surface area contributed by atoms with Gasteiger partial charge in [0.05, 0.1) is 36.9 Å². The van der Waals surface area contributed by atoms with Crippen LogP contribution in [0.5, 0.6) is 5.75 Å². The number of anilines is 6. The van der Waals surface area contributed by atoms with E-state index in [0.717, 1.165) is 81.3 Å². The molecule has 0 saturated carbocycles. The van der Waals surface area contributed by atoms with Crippen LogP contribution < -0.4 is 30.5 Å². The molecule has 16 heteroatoms. The Morgan fingerprint density at radius 2 is 1.59 bits per heavy atom. The van der Waals surface area contributed by atoms with E-state index in [9.17, 15) is 14.4 Å². The maximum Gasteiger partial charge on any atom is 0.251 e. The number of Topliss-reactive ketones (excluding diaryl/α,β-unsaturated/α-hetero) is 1. The number of carbonyl (C=O) groups excluding carboxylic acids is 3. The van der Waals surface area contributed by atoms with E-state index in [4.69, 9.17) is 16.3 Å². The van der Waals surface area contributed by atoms with Gasteiger partial charge >= 0.3 is 0 Å². The summed E-state index contributed by atoms with van der Waals surface area (Å²) >= 11 is 6.43. The van der Waals surface area contributed by atoms with Crippen LogP contribution in [0.4, 0.5) is 34.5 Å². The van der Waals surface area contributed by atoms with Crippen molar-refractivity contribution in [2.24, 2.45) is 0 Å². The topological polar surface area (TPSA) is 153 Å². The molecule has 5 heterocycles. The average molecular weight is 778 g/mol. The molecule has 0 spiro atoms. The molecule has 2 aromatic heterocycles. The molecule has 2 amide bonds. The van der Waals surface area contributed by atoms with Gasteiger partial charge in [-0.3, -0.25) is 34.2 Å². The van der Waals surface area contributed by atoms with Gasteiger partial charge in [-0.05, 0) is 55.8 Å². The molecular formula is C40H44ClN11O4. The number of amides is 2. The van der Waals surface area contributed by atoms with E-state index in [-0.39, 0.29) is 17.6 Å². The fourth-order valence-corrected chi connectivity index (χ4v) is 7.68. The molecule has 5 aromatic rings. The molecule has 3 aromatic carbocycles. The van der Waals surface area contributed by atoms with Crippen molar-refractivity contribution in [2.75, 3.05) is 86.6 Å². The predicted octanol–water partition coefficient (Wildman–Crippen LogP) is 5.06. The van der Waals surface area contributed by atoms with Crippen LogP contribution in [0.15, 0.2) is 73.1 Å². The number of rotatable bonds is 11. The molecule has 0 bridgehead atoms. The van der Waals surface area contributed by atoms with Crippen LogP contribution in [-0.2, 0) is 9.59 Å². The van der Waals surface area contributed by atoms with Crippen LogP contribution in [0.2, 0.25) is 5.02 Å². The summed E-state index contributed by atoms with van der Waals surface area (Å²) in [6.45, 7) is 9.97. The molecule has 3 aliphatic rings. The van der Waals surface area contributed by atoms with E-state index >= 15 is 0 Å². The smallest absolute Gasteiger partial charge is 0.251 e. The summed E-state index contributed by atoms with van der Waals surface area (Å²) in [7, 11) is 1.65. The first kappa shape index (κ1) is 37.2. The van der Waals surface area contributed by atoms with E-state index in [2.05, 4.69) is 68.8 Å². The van der Waals surface area contributed by atoms with Crippen molar-refractivity contribution in [3.63, 3.8) is 0 Å². The number of nitrogens with one attached hydrogen (secondary N) is 3. The summed E-state index contributed by atoms with van der Waals surface area (Å²) in [5.41, 5.74) is 4.95. The number of hydrogen-bond donors (Lipinski definition) is 3. The zero-order valence-corrected chi connectivity index (χ0v) is 32.1. The van der Waals surface area contributed by atoms with Gasteiger partial charge in [0.25, 0.3) is 5.91 Å². The van der Waals surface area contributed by atoms with Gasteiger partial charge in [0, 0.05) is 93.4 Å².